The van der Waals surface area contributed by atoms with Gasteiger partial charge in [-0.05, 0) is 40.8 Å². The summed E-state index contributed by atoms with van der Waals surface area (Å²) in [5.41, 5.74) is 6.05. The van der Waals surface area contributed by atoms with Gasteiger partial charge in [0.15, 0.2) is 0 Å². The molecule has 0 saturated carbocycles. The summed E-state index contributed by atoms with van der Waals surface area (Å²) in [6.07, 6.45) is 0. The predicted molar refractivity (Wildman–Crippen MR) is 95.1 cm³/mol. The largest absolute Gasteiger partial charge is 0.505 e. The van der Waals surface area contributed by atoms with Crippen LogP contribution >= 0.6 is 0 Å². The van der Waals surface area contributed by atoms with Gasteiger partial charge in [0.2, 0.25) is 0 Å². The number of benzene rings is 3. The highest BCUT2D eigenvalue weighted by molar-refractivity contribution is 7.86. The van der Waals surface area contributed by atoms with Crippen LogP contribution in [0.3, 0.4) is 0 Å². The van der Waals surface area contributed by atoms with Crippen molar-refractivity contribution in [3.63, 3.8) is 0 Å². The fraction of sp³-hybridized carbons (Fsp3) is 0. The molecule has 8 nitrogen and oxygen atoms in total. The van der Waals surface area contributed by atoms with Crippen molar-refractivity contribution in [2.45, 2.75) is 9.79 Å². The fourth-order valence-corrected chi connectivity index (χ4v) is 3.77. The number of anilines is 1. The van der Waals surface area contributed by atoms with Gasteiger partial charge in [0.25, 0.3) is 20.2 Å². The first kappa shape index (κ1) is 18.1. The summed E-state index contributed by atoms with van der Waals surface area (Å²) in [6, 6.07) is 11.2. The van der Waals surface area contributed by atoms with Crippen LogP contribution in [0.1, 0.15) is 0 Å². The molecule has 3 aromatic rings. The Balaban J connectivity index is 2.25. The first-order chi connectivity index (χ1) is 12.0. The summed E-state index contributed by atoms with van der Waals surface area (Å²) in [5.74, 6) is -0.525. The molecule has 5 N–H and O–H groups in total. The van der Waals surface area contributed by atoms with Crippen LogP contribution in [0, 0.1) is 0 Å². The maximum absolute atomic E-state index is 11.4. The molecule has 10 heteroatoms. The number of hydrogen-bond acceptors (Lipinski definition) is 6. The Labute approximate surface area is 149 Å². The van der Waals surface area contributed by atoms with Crippen molar-refractivity contribution in [1.29, 1.82) is 0 Å². The summed E-state index contributed by atoms with van der Waals surface area (Å²) in [7, 11) is -8.99. The van der Waals surface area contributed by atoms with Crippen LogP contribution in [0.25, 0.3) is 21.9 Å². The van der Waals surface area contributed by atoms with Crippen LogP contribution in [0.5, 0.6) is 5.75 Å². The predicted octanol–water partition coefficient (Wildman–Crippen LogP) is 2.29. The zero-order valence-electron chi connectivity index (χ0n) is 13.0. The third-order valence-electron chi connectivity index (χ3n) is 3.86. The molecule has 0 aliphatic heterocycles. The number of rotatable bonds is 3. The van der Waals surface area contributed by atoms with Gasteiger partial charge in [-0.2, -0.15) is 16.8 Å². The second kappa shape index (κ2) is 5.95. The molecule has 0 saturated heterocycles. The Hall–Kier alpha value is -2.66. The van der Waals surface area contributed by atoms with Gasteiger partial charge < -0.3 is 10.8 Å². The first-order valence-electron chi connectivity index (χ1n) is 7.09. The molecule has 0 spiro atoms. The quantitative estimate of drug-likeness (QED) is 0.299. The average molecular weight is 395 g/mol. The van der Waals surface area contributed by atoms with E-state index in [4.69, 9.17) is 10.3 Å². The van der Waals surface area contributed by atoms with Crippen LogP contribution in [0.15, 0.2) is 58.3 Å². The average Bonchev–Trinajstić information content (AvgIpc) is 2.56. The topological polar surface area (TPSA) is 155 Å². The minimum Gasteiger partial charge on any atom is -0.505 e. The number of nitrogens with two attached hydrogens (primary N) is 1. The van der Waals surface area contributed by atoms with Gasteiger partial charge in [-0.3, -0.25) is 9.11 Å². The van der Waals surface area contributed by atoms with E-state index >= 15 is 0 Å². The normalized spacial score (nSPS) is 12.4. The molecule has 0 atom stereocenters. The van der Waals surface area contributed by atoms with E-state index in [0.29, 0.717) is 16.5 Å². The van der Waals surface area contributed by atoms with E-state index in [1.54, 1.807) is 12.1 Å². The van der Waals surface area contributed by atoms with Crippen molar-refractivity contribution < 1.29 is 31.0 Å². The summed E-state index contributed by atoms with van der Waals surface area (Å²) < 4.78 is 63.6. The zero-order valence-corrected chi connectivity index (χ0v) is 14.6. The second-order valence-corrected chi connectivity index (χ2v) is 8.36. The van der Waals surface area contributed by atoms with E-state index in [2.05, 4.69) is 0 Å². The van der Waals surface area contributed by atoms with Crippen molar-refractivity contribution in [1.82, 2.24) is 0 Å². The molecule has 0 radical (unpaired) electrons. The van der Waals surface area contributed by atoms with E-state index in [1.807, 2.05) is 0 Å². The lowest BCUT2D eigenvalue weighted by atomic mass is 10.0. The van der Waals surface area contributed by atoms with E-state index in [1.165, 1.54) is 30.3 Å². The van der Waals surface area contributed by atoms with Crippen LogP contribution in [0.4, 0.5) is 5.69 Å². The molecule has 3 aromatic carbocycles. The van der Waals surface area contributed by atoms with Crippen molar-refractivity contribution in [3.8, 4) is 16.9 Å². The first-order valence-corrected chi connectivity index (χ1v) is 9.97. The molecule has 3 rings (SSSR count). The number of phenols is 1. The lowest BCUT2D eigenvalue weighted by molar-refractivity contribution is 0.473. The van der Waals surface area contributed by atoms with Crippen LogP contribution in [-0.4, -0.2) is 31.0 Å². The molecule has 0 aliphatic rings. The summed E-state index contributed by atoms with van der Waals surface area (Å²) in [5, 5.41) is 10.7. The Morgan fingerprint density at radius 3 is 2.08 bits per heavy atom. The van der Waals surface area contributed by atoms with Gasteiger partial charge in [0.05, 0.1) is 10.6 Å². The lowest BCUT2D eigenvalue weighted by Crippen LogP contribution is -2.03. The molecule has 0 unspecified atom stereocenters. The van der Waals surface area contributed by atoms with Gasteiger partial charge in [-0.15, -0.1) is 0 Å². The van der Waals surface area contributed by atoms with E-state index < -0.39 is 36.6 Å². The van der Waals surface area contributed by atoms with Gasteiger partial charge in [-0.1, -0.05) is 24.3 Å². The van der Waals surface area contributed by atoms with Crippen molar-refractivity contribution in [3.05, 3.63) is 48.5 Å². The molecule has 0 bridgehead atoms. The van der Waals surface area contributed by atoms with Crippen molar-refractivity contribution >= 4 is 36.7 Å². The number of phenolic OH excluding ortho intramolecular Hbond substituents is 1. The van der Waals surface area contributed by atoms with Gasteiger partial charge in [0, 0.05) is 5.39 Å². The molecular formula is C16H13NO7S2. The Kier molecular flexibility index (Phi) is 4.15. The Morgan fingerprint density at radius 1 is 0.808 bits per heavy atom. The summed E-state index contributed by atoms with van der Waals surface area (Å²) in [4.78, 5) is -0.899. The number of hydrogen-bond donors (Lipinski definition) is 4. The van der Waals surface area contributed by atoms with E-state index in [-0.39, 0.29) is 10.3 Å². The fourth-order valence-electron chi connectivity index (χ4n) is 2.60. The van der Waals surface area contributed by atoms with Gasteiger partial charge >= 0.3 is 0 Å². The minimum atomic E-state index is -4.61. The number of aromatic hydroxyl groups is 1. The second-order valence-electron chi connectivity index (χ2n) is 5.55. The highest BCUT2D eigenvalue weighted by Gasteiger charge is 2.20. The molecule has 0 amide bonds. The SMILES string of the molecule is Nc1c(S(=O)(=O)O)cc2ccc(-c3cccc(S(=O)(=O)O)c3)cc2c1O. The molecule has 0 aliphatic carbocycles. The van der Waals surface area contributed by atoms with E-state index in [0.717, 1.165) is 6.07 Å². The Bertz CT molecular complexity index is 1250. The van der Waals surface area contributed by atoms with Crippen LogP contribution in [-0.2, 0) is 20.2 Å². The zero-order chi connectivity index (χ0) is 19.3. The number of fused-ring (bicyclic) bond motifs is 1. The molecule has 0 aromatic heterocycles. The number of nitrogen functional groups attached to an aromatic ring is 1. The van der Waals surface area contributed by atoms with E-state index in [9.17, 15) is 26.5 Å². The standard InChI is InChI=1S/C16H13NO7S2/c17-15-14(26(22,23)24)8-11-5-4-10(7-13(11)16(15)18)9-2-1-3-12(6-9)25(19,20)21/h1-8,18H,17H2,(H,19,20,21)(H,22,23,24). The minimum absolute atomic E-state index is 0.213. The summed E-state index contributed by atoms with van der Waals surface area (Å²) in [6.45, 7) is 0. The molecule has 136 valence electrons. The Morgan fingerprint density at radius 2 is 1.46 bits per heavy atom. The van der Waals surface area contributed by atoms with Gasteiger partial charge in [-0.25, -0.2) is 0 Å². The maximum atomic E-state index is 11.4. The monoisotopic (exact) mass is 395 g/mol. The van der Waals surface area contributed by atoms with Crippen LogP contribution in [0.2, 0.25) is 0 Å². The lowest BCUT2D eigenvalue weighted by Gasteiger charge is -2.11. The van der Waals surface area contributed by atoms with Crippen molar-refractivity contribution in [2.24, 2.45) is 0 Å². The molecule has 0 heterocycles. The van der Waals surface area contributed by atoms with Crippen LogP contribution < -0.4 is 5.73 Å². The molecule has 0 fully saturated rings. The smallest absolute Gasteiger partial charge is 0.296 e. The van der Waals surface area contributed by atoms with Crippen molar-refractivity contribution in [2.75, 3.05) is 5.73 Å². The molecular weight excluding hydrogens is 382 g/mol. The molecule has 26 heavy (non-hydrogen) atoms. The third kappa shape index (κ3) is 3.22. The summed E-state index contributed by atoms with van der Waals surface area (Å²) >= 11 is 0. The van der Waals surface area contributed by atoms with Gasteiger partial charge in [0.1, 0.15) is 10.6 Å². The third-order valence-corrected chi connectivity index (χ3v) is 5.60. The highest BCUT2D eigenvalue weighted by Crippen LogP contribution is 2.38. The maximum Gasteiger partial charge on any atom is 0.296 e. The highest BCUT2D eigenvalue weighted by atomic mass is 32.2.